The van der Waals surface area contributed by atoms with Gasteiger partial charge in [-0.3, -0.25) is 4.40 Å². The molecule has 0 unspecified atom stereocenters. The van der Waals surface area contributed by atoms with Crippen LogP contribution in [0.25, 0.3) is 16.9 Å². The van der Waals surface area contributed by atoms with Crippen LogP contribution < -0.4 is 0 Å². The van der Waals surface area contributed by atoms with E-state index in [9.17, 15) is 4.39 Å². The van der Waals surface area contributed by atoms with E-state index in [1.165, 1.54) is 12.1 Å². The molecule has 0 fully saturated rings. The SMILES string of the molecule is Fc1ccc(-c2nc(Br)c3ccccn23)cc1. The fourth-order valence-electron chi connectivity index (χ4n) is 1.80. The first kappa shape index (κ1) is 10.5. The van der Waals surface area contributed by atoms with Crippen LogP contribution in [0.4, 0.5) is 4.39 Å². The molecule has 3 rings (SSSR count). The smallest absolute Gasteiger partial charge is 0.145 e. The first-order chi connectivity index (χ1) is 8.25. The minimum absolute atomic E-state index is 0.242. The monoisotopic (exact) mass is 290 g/mol. The molecular weight excluding hydrogens is 283 g/mol. The Balaban J connectivity index is 2.27. The molecule has 0 aliphatic heterocycles. The zero-order valence-corrected chi connectivity index (χ0v) is 10.4. The van der Waals surface area contributed by atoms with Crippen LogP contribution in [0.1, 0.15) is 0 Å². The van der Waals surface area contributed by atoms with Crippen molar-refractivity contribution in [3.8, 4) is 11.4 Å². The van der Waals surface area contributed by atoms with Gasteiger partial charge in [0.1, 0.15) is 16.2 Å². The third kappa shape index (κ3) is 1.74. The van der Waals surface area contributed by atoms with Crippen molar-refractivity contribution >= 4 is 21.4 Å². The Hall–Kier alpha value is -1.68. The lowest BCUT2D eigenvalue weighted by atomic mass is 10.2. The maximum atomic E-state index is 12.9. The molecule has 4 heteroatoms. The summed E-state index contributed by atoms with van der Waals surface area (Å²) in [6.07, 6.45) is 1.94. The highest BCUT2D eigenvalue weighted by atomic mass is 79.9. The van der Waals surface area contributed by atoms with E-state index in [0.29, 0.717) is 0 Å². The molecular formula is C13H8BrFN2. The maximum absolute atomic E-state index is 12.9. The number of nitrogens with zero attached hydrogens (tertiary/aromatic N) is 2. The summed E-state index contributed by atoms with van der Waals surface area (Å²) in [7, 11) is 0. The van der Waals surface area contributed by atoms with Crippen LogP contribution in [0.3, 0.4) is 0 Å². The Kier molecular flexibility index (Phi) is 2.44. The Morgan fingerprint density at radius 3 is 2.59 bits per heavy atom. The molecule has 2 nitrogen and oxygen atoms in total. The Bertz CT molecular complexity index is 673. The summed E-state index contributed by atoms with van der Waals surface area (Å²) in [4.78, 5) is 4.45. The van der Waals surface area contributed by atoms with Gasteiger partial charge >= 0.3 is 0 Å². The van der Waals surface area contributed by atoms with Gasteiger partial charge < -0.3 is 0 Å². The molecule has 0 spiro atoms. The molecule has 1 aromatic carbocycles. The zero-order chi connectivity index (χ0) is 11.8. The quantitative estimate of drug-likeness (QED) is 0.664. The van der Waals surface area contributed by atoms with Crippen LogP contribution in [-0.2, 0) is 0 Å². The molecule has 0 saturated heterocycles. The van der Waals surface area contributed by atoms with Crippen molar-refractivity contribution in [1.29, 1.82) is 0 Å². The number of fused-ring (bicyclic) bond motifs is 1. The second-order valence-electron chi connectivity index (χ2n) is 3.69. The van der Waals surface area contributed by atoms with Gasteiger partial charge in [-0.1, -0.05) is 6.07 Å². The van der Waals surface area contributed by atoms with E-state index in [1.54, 1.807) is 12.1 Å². The first-order valence-corrected chi connectivity index (χ1v) is 5.93. The fourth-order valence-corrected chi connectivity index (χ4v) is 2.29. The van der Waals surface area contributed by atoms with E-state index in [-0.39, 0.29) is 5.82 Å². The van der Waals surface area contributed by atoms with Crippen molar-refractivity contribution in [3.63, 3.8) is 0 Å². The fraction of sp³-hybridized carbons (Fsp3) is 0. The van der Waals surface area contributed by atoms with Gasteiger partial charge in [0, 0.05) is 11.8 Å². The summed E-state index contributed by atoms with van der Waals surface area (Å²) in [6, 6.07) is 12.2. The van der Waals surface area contributed by atoms with E-state index in [0.717, 1.165) is 21.5 Å². The van der Waals surface area contributed by atoms with E-state index in [1.807, 2.05) is 28.8 Å². The molecule has 0 aliphatic carbocycles. The molecule has 84 valence electrons. The summed E-state index contributed by atoms with van der Waals surface area (Å²) in [6.45, 7) is 0. The van der Waals surface area contributed by atoms with E-state index < -0.39 is 0 Å². The predicted octanol–water partition coefficient (Wildman–Crippen LogP) is 3.90. The van der Waals surface area contributed by atoms with Gasteiger partial charge in [-0.15, -0.1) is 0 Å². The van der Waals surface area contributed by atoms with Crippen LogP contribution in [-0.4, -0.2) is 9.38 Å². The van der Waals surface area contributed by atoms with E-state index >= 15 is 0 Å². The van der Waals surface area contributed by atoms with Crippen LogP contribution >= 0.6 is 15.9 Å². The molecule has 0 radical (unpaired) electrons. The number of benzene rings is 1. The van der Waals surface area contributed by atoms with Crippen LogP contribution in [0.15, 0.2) is 53.3 Å². The molecule has 0 saturated carbocycles. The minimum atomic E-state index is -0.242. The van der Waals surface area contributed by atoms with Crippen LogP contribution in [0.5, 0.6) is 0 Å². The minimum Gasteiger partial charge on any atom is -0.299 e. The van der Waals surface area contributed by atoms with Crippen LogP contribution in [0.2, 0.25) is 0 Å². The molecule has 3 aromatic rings. The first-order valence-electron chi connectivity index (χ1n) is 5.14. The van der Waals surface area contributed by atoms with Gasteiger partial charge in [0.05, 0.1) is 5.52 Å². The van der Waals surface area contributed by atoms with Gasteiger partial charge in [-0.2, -0.15) is 0 Å². The largest absolute Gasteiger partial charge is 0.299 e. The Labute approximate surface area is 106 Å². The molecule has 2 aromatic heterocycles. The number of rotatable bonds is 1. The Morgan fingerprint density at radius 1 is 1.06 bits per heavy atom. The maximum Gasteiger partial charge on any atom is 0.145 e. The highest BCUT2D eigenvalue weighted by Gasteiger charge is 2.09. The predicted molar refractivity (Wildman–Crippen MR) is 68.3 cm³/mol. The van der Waals surface area contributed by atoms with Gasteiger partial charge in [-0.05, 0) is 52.3 Å². The number of aromatic nitrogens is 2. The highest BCUT2D eigenvalue weighted by molar-refractivity contribution is 9.10. The second kappa shape index (κ2) is 3.96. The lowest BCUT2D eigenvalue weighted by molar-refractivity contribution is 0.628. The van der Waals surface area contributed by atoms with Gasteiger partial charge in [0.2, 0.25) is 0 Å². The number of hydrogen-bond acceptors (Lipinski definition) is 1. The average molecular weight is 291 g/mol. The van der Waals surface area contributed by atoms with Crippen molar-refractivity contribution < 1.29 is 4.39 Å². The van der Waals surface area contributed by atoms with E-state index in [4.69, 9.17) is 0 Å². The number of halogens is 2. The number of imidazole rings is 1. The van der Waals surface area contributed by atoms with Crippen molar-refractivity contribution in [2.45, 2.75) is 0 Å². The molecule has 2 heterocycles. The van der Waals surface area contributed by atoms with Crippen LogP contribution in [0, 0.1) is 5.82 Å². The number of hydrogen-bond donors (Lipinski definition) is 0. The molecule has 0 bridgehead atoms. The molecule has 0 atom stereocenters. The molecule has 17 heavy (non-hydrogen) atoms. The summed E-state index contributed by atoms with van der Waals surface area (Å²) in [5, 5.41) is 0. The van der Waals surface area contributed by atoms with Gasteiger partial charge in [0.25, 0.3) is 0 Å². The summed E-state index contributed by atoms with van der Waals surface area (Å²) >= 11 is 3.42. The lowest BCUT2D eigenvalue weighted by Gasteiger charge is -2.00. The van der Waals surface area contributed by atoms with Gasteiger partial charge in [0.15, 0.2) is 0 Å². The number of pyridine rings is 1. The second-order valence-corrected chi connectivity index (χ2v) is 4.44. The summed E-state index contributed by atoms with van der Waals surface area (Å²) in [5.41, 5.74) is 1.88. The molecule has 0 N–H and O–H groups in total. The lowest BCUT2D eigenvalue weighted by Crippen LogP contribution is -1.88. The summed E-state index contributed by atoms with van der Waals surface area (Å²) < 4.78 is 15.6. The van der Waals surface area contributed by atoms with Crippen molar-refractivity contribution in [1.82, 2.24) is 9.38 Å². The zero-order valence-electron chi connectivity index (χ0n) is 8.77. The standard InChI is InChI=1S/C13H8BrFN2/c14-12-11-3-1-2-8-17(11)13(16-12)9-4-6-10(15)7-5-9/h1-8H. The Morgan fingerprint density at radius 2 is 1.82 bits per heavy atom. The van der Waals surface area contributed by atoms with Crippen molar-refractivity contribution in [3.05, 3.63) is 59.1 Å². The molecule has 0 amide bonds. The van der Waals surface area contributed by atoms with E-state index in [2.05, 4.69) is 20.9 Å². The normalized spacial score (nSPS) is 10.9. The average Bonchev–Trinajstić information content (AvgIpc) is 2.69. The van der Waals surface area contributed by atoms with Gasteiger partial charge in [-0.25, -0.2) is 9.37 Å². The third-order valence-electron chi connectivity index (χ3n) is 2.61. The third-order valence-corrected chi connectivity index (χ3v) is 3.19. The molecule has 0 aliphatic rings. The summed E-state index contributed by atoms with van der Waals surface area (Å²) in [5.74, 6) is 0.557. The van der Waals surface area contributed by atoms with Crippen molar-refractivity contribution in [2.75, 3.05) is 0 Å². The highest BCUT2D eigenvalue weighted by Crippen LogP contribution is 2.25. The van der Waals surface area contributed by atoms with Crippen molar-refractivity contribution in [2.24, 2.45) is 0 Å². The topological polar surface area (TPSA) is 17.3 Å².